The monoisotopic (exact) mass is 269 g/mol. The zero-order valence-corrected chi connectivity index (χ0v) is 12.8. The van der Waals surface area contributed by atoms with Gasteiger partial charge in [-0.1, -0.05) is 44.9 Å². The molecule has 1 nitrogen and oxygen atoms in total. The third-order valence-electron chi connectivity index (χ3n) is 5.15. The van der Waals surface area contributed by atoms with E-state index in [4.69, 9.17) is 0 Å². The molecular formula is C16H31NS. The maximum Gasteiger partial charge on any atom is 0.00397 e. The molecule has 0 saturated heterocycles. The Kier molecular flexibility index (Phi) is 6.93. The van der Waals surface area contributed by atoms with Gasteiger partial charge in [0.15, 0.2) is 0 Å². The van der Waals surface area contributed by atoms with E-state index in [0.717, 1.165) is 30.1 Å². The molecule has 3 unspecified atom stereocenters. The Labute approximate surface area is 119 Å². The highest BCUT2D eigenvalue weighted by Gasteiger charge is 2.31. The Morgan fingerprint density at radius 1 is 0.889 bits per heavy atom. The van der Waals surface area contributed by atoms with Crippen LogP contribution < -0.4 is 5.32 Å². The summed E-state index contributed by atoms with van der Waals surface area (Å²) in [5.41, 5.74) is 0. The SMILES string of the molecule is SCCNCCCCC1CCC2CCCCC2C1. The average molecular weight is 269 g/mol. The van der Waals surface area contributed by atoms with E-state index in [-0.39, 0.29) is 0 Å². The van der Waals surface area contributed by atoms with Gasteiger partial charge >= 0.3 is 0 Å². The molecule has 2 heteroatoms. The van der Waals surface area contributed by atoms with Crippen molar-refractivity contribution in [3.8, 4) is 0 Å². The van der Waals surface area contributed by atoms with Gasteiger partial charge in [-0.2, -0.15) is 12.6 Å². The van der Waals surface area contributed by atoms with Gasteiger partial charge in [0, 0.05) is 12.3 Å². The van der Waals surface area contributed by atoms with Crippen LogP contribution in [0.2, 0.25) is 0 Å². The normalized spacial score (nSPS) is 32.2. The van der Waals surface area contributed by atoms with E-state index in [1.807, 2.05) is 0 Å². The van der Waals surface area contributed by atoms with Crippen LogP contribution in [0.15, 0.2) is 0 Å². The summed E-state index contributed by atoms with van der Waals surface area (Å²) in [7, 11) is 0. The van der Waals surface area contributed by atoms with E-state index in [9.17, 15) is 0 Å². The molecule has 0 heterocycles. The third kappa shape index (κ3) is 4.77. The van der Waals surface area contributed by atoms with Crippen LogP contribution in [-0.4, -0.2) is 18.8 Å². The summed E-state index contributed by atoms with van der Waals surface area (Å²) in [6.45, 7) is 2.26. The fourth-order valence-corrected chi connectivity index (χ4v) is 4.28. The van der Waals surface area contributed by atoms with Crippen LogP contribution >= 0.6 is 12.6 Å². The van der Waals surface area contributed by atoms with Gasteiger partial charge < -0.3 is 5.32 Å². The Morgan fingerprint density at radius 3 is 2.56 bits per heavy atom. The molecule has 2 aliphatic rings. The van der Waals surface area contributed by atoms with Gasteiger partial charge in [0.1, 0.15) is 0 Å². The molecule has 0 radical (unpaired) electrons. The summed E-state index contributed by atoms with van der Waals surface area (Å²) in [6.07, 6.45) is 15.1. The zero-order chi connectivity index (χ0) is 12.6. The number of thiol groups is 1. The lowest BCUT2D eigenvalue weighted by Crippen LogP contribution is -2.27. The van der Waals surface area contributed by atoms with Crippen molar-refractivity contribution in [3.05, 3.63) is 0 Å². The van der Waals surface area contributed by atoms with Gasteiger partial charge in [-0.15, -0.1) is 0 Å². The van der Waals surface area contributed by atoms with Gasteiger partial charge in [0.05, 0.1) is 0 Å². The largest absolute Gasteiger partial charge is 0.316 e. The number of hydrogen-bond acceptors (Lipinski definition) is 2. The third-order valence-corrected chi connectivity index (χ3v) is 5.38. The minimum absolute atomic E-state index is 0.964. The smallest absolute Gasteiger partial charge is 0.00397 e. The highest BCUT2D eigenvalue weighted by atomic mass is 32.1. The van der Waals surface area contributed by atoms with E-state index in [1.165, 1.54) is 45.1 Å². The first kappa shape index (κ1) is 14.7. The van der Waals surface area contributed by atoms with E-state index < -0.39 is 0 Å². The van der Waals surface area contributed by atoms with Crippen molar-refractivity contribution in [2.24, 2.45) is 17.8 Å². The standard InChI is InChI=1S/C16H31NS/c18-12-11-17-10-4-3-5-14-8-9-15-6-1-2-7-16(15)13-14/h14-18H,1-13H2. The lowest BCUT2D eigenvalue weighted by molar-refractivity contribution is 0.124. The number of unbranched alkanes of at least 4 members (excludes halogenated alkanes) is 1. The molecule has 2 aliphatic carbocycles. The Bertz CT molecular complexity index is 219. The fraction of sp³-hybridized carbons (Fsp3) is 1.00. The molecule has 0 amide bonds. The number of hydrogen-bond donors (Lipinski definition) is 2. The maximum atomic E-state index is 4.21. The van der Waals surface area contributed by atoms with Crippen LogP contribution in [0.3, 0.4) is 0 Å². The molecule has 0 aliphatic heterocycles. The molecule has 106 valence electrons. The molecule has 2 saturated carbocycles. The first-order valence-electron chi connectivity index (χ1n) is 8.21. The minimum atomic E-state index is 0.964. The van der Waals surface area contributed by atoms with Crippen molar-refractivity contribution in [2.45, 2.75) is 64.2 Å². The number of rotatable bonds is 7. The van der Waals surface area contributed by atoms with Gasteiger partial charge in [0.2, 0.25) is 0 Å². The molecular weight excluding hydrogens is 238 g/mol. The first-order valence-corrected chi connectivity index (χ1v) is 8.85. The fourth-order valence-electron chi connectivity index (χ4n) is 4.12. The van der Waals surface area contributed by atoms with Crippen molar-refractivity contribution < 1.29 is 0 Å². The van der Waals surface area contributed by atoms with Gasteiger partial charge in [-0.25, -0.2) is 0 Å². The molecule has 3 atom stereocenters. The molecule has 1 N–H and O–H groups in total. The van der Waals surface area contributed by atoms with E-state index in [1.54, 1.807) is 25.7 Å². The minimum Gasteiger partial charge on any atom is -0.316 e. The molecule has 0 aromatic heterocycles. The van der Waals surface area contributed by atoms with E-state index in [2.05, 4.69) is 17.9 Å². The van der Waals surface area contributed by atoms with Gasteiger partial charge in [0.25, 0.3) is 0 Å². The Hall–Kier alpha value is 0.310. The quantitative estimate of drug-likeness (QED) is 0.519. The summed E-state index contributed by atoms with van der Waals surface area (Å²) in [5.74, 6) is 4.26. The molecule has 0 aromatic rings. The highest BCUT2D eigenvalue weighted by Crippen LogP contribution is 2.43. The van der Waals surface area contributed by atoms with E-state index in [0.29, 0.717) is 0 Å². The lowest BCUT2D eigenvalue weighted by atomic mass is 9.67. The summed E-state index contributed by atoms with van der Waals surface area (Å²) < 4.78 is 0. The molecule has 18 heavy (non-hydrogen) atoms. The first-order chi connectivity index (χ1) is 8.90. The van der Waals surface area contributed by atoms with Crippen molar-refractivity contribution in [1.82, 2.24) is 5.32 Å². The summed E-state index contributed by atoms with van der Waals surface area (Å²) in [6, 6.07) is 0. The number of fused-ring (bicyclic) bond motifs is 1. The van der Waals surface area contributed by atoms with Crippen molar-refractivity contribution >= 4 is 12.6 Å². The van der Waals surface area contributed by atoms with Crippen LogP contribution in [0.5, 0.6) is 0 Å². The van der Waals surface area contributed by atoms with Crippen LogP contribution in [0.25, 0.3) is 0 Å². The molecule has 0 bridgehead atoms. The number of nitrogens with one attached hydrogen (secondary N) is 1. The van der Waals surface area contributed by atoms with Crippen LogP contribution in [0.1, 0.15) is 64.2 Å². The van der Waals surface area contributed by atoms with Crippen molar-refractivity contribution in [1.29, 1.82) is 0 Å². The molecule has 0 aromatic carbocycles. The maximum absolute atomic E-state index is 4.21. The topological polar surface area (TPSA) is 12.0 Å². The Balaban J connectivity index is 1.54. The predicted molar refractivity (Wildman–Crippen MR) is 83.4 cm³/mol. The average Bonchev–Trinajstić information content (AvgIpc) is 2.42. The molecule has 0 spiro atoms. The van der Waals surface area contributed by atoms with Crippen LogP contribution in [0.4, 0.5) is 0 Å². The summed E-state index contributed by atoms with van der Waals surface area (Å²) in [5, 5.41) is 3.44. The molecule has 2 rings (SSSR count). The summed E-state index contributed by atoms with van der Waals surface area (Å²) >= 11 is 4.21. The predicted octanol–water partition coefficient (Wildman–Crippen LogP) is 4.28. The second kappa shape index (κ2) is 8.47. The Morgan fingerprint density at radius 2 is 1.72 bits per heavy atom. The van der Waals surface area contributed by atoms with Crippen LogP contribution in [-0.2, 0) is 0 Å². The van der Waals surface area contributed by atoms with Crippen molar-refractivity contribution in [2.75, 3.05) is 18.8 Å². The second-order valence-electron chi connectivity index (χ2n) is 6.45. The van der Waals surface area contributed by atoms with Gasteiger partial charge in [-0.05, 0) is 43.6 Å². The zero-order valence-electron chi connectivity index (χ0n) is 11.9. The second-order valence-corrected chi connectivity index (χ2v) is 6.90. The summed E-state index contributed by atoms with van der Waals surface area (Å²) in [4.78, 5) is 0. The lowest BCUT2D eigenvalue weighted by Gasteiger charge is -2.39. The molecule has 2 fully saturated rings. The van der Waals surface area contributed by atoms with Gasteiger partial charge in [-0.3, -0.25) is 0 Å². The van der Waals surface area contributed by atoms with Crippen molar-refractivity contribution in [3.63, 3.8) is 0 Å². The van der Waals surface area contributed by atoms with E-state index >= 15 is 0 Å². The highest BCUT2D eigenvalue weighted by molar-refractivity contribution is 7.80. The van der Waals surface area contributed by atoms with Crippen LogP contribution in [0, 0.1) is 17.8 Å².